The van der Waals surface area contributed by atoms with Crippen LogP contribution < -0.4 is 5.32 Å². The second-order valence-electron chi connectivity index (χ2n) is 5.62. The number of carbonyl (C=O) groups excluding carboxylic acids is 1. The number of anilines is 1. The van der Waals surface area contributed by atoms with Crippen LogP contribution in [0.25, 0.3) is 5.65 Å². The SMILES string of the molecule is Cc1ccn2c(C(=O)Nc3ccc(Cl)c(C(F)(F)F)c3)c(C)nc2c1. The van der Waals surface area contributed by atoms with E-state index in [0.29, 0.717) is 11.3 Å². The van der Waals surface area contributed by atoms with Crippen molar-refractivity contribution in [3.63, 3.8) is 0 Å². The van der Waals surface area contributed by atoms with Crippen molar-refractivity contribution in [2.24, 2.45) is 0 Å². The molecule has 0 unspecified atom stereocenters. The van der Waals surface area contributed by atoms with Gasteiger partial charge >= 0.3 is 6.18 Å². The number of amides is 1. The van der Waals surface area contributed by atoms with Gasteiger partial charge in [-0.3, -0.25) is 9.20 Å². The molecular formula is C17H13ClF3N3O. The van der Waals surface area contributed by atoms with Crippen LogP contribution in [0.1, 0.15) is 27.3 Å². The Kier molecular flexibility index (Phi) is 4.20. The third-order valence-corrected chi connectivity index (χ3v) is 4.03. The van der Waals surface area contributed by atoms with Crippen LogP contribution in [0.5, 0.6) is 0 Å². The Morgan fingerprint density at radius 1 is 1.20 bits per heavy atom. The zero-order valence-electron chi connectivity index (χ0n) is 13.3. The Balaban J connectivity index is 1.97. The number of pyridine rings is 1. The number of alkyl halides is 3. The lowest BCUT2D eigenvalue weighted by molar-refractivity contribution is -0.137. The molecule has 2 aromatic heterocycles. The molecule has 8 heteroatoms. The fourth-order valence-corrected chi connectivity index (χ4v) is 2.77. The van der Waals surface area contributed by atoms with Crippen molar-refractivity contribution in [2.75, 3.05) is 5.32 Å². The lowest BCUT2D eigenvalue weighted by Gasteiger charge is -2.12. The lowest BCUT2D eigenvalue weighted by atomic mass is 10.2. The highest BCUT2D eigenvalue weighted by molar-refractivity contribution is 6.31. The number of imidazole rings is 1. The molecule has 4 nitrogen and oxygen atoms in total. The minimum Gasteiger partial charge on any atom is -0.321 e. The second kappa shape index (κ2) is 6.07. The summed E-state index contributed by atoms with van der Waals surface area (Å²) in [5.74, 6) is -0.552. The van der Waals surface area contributed by atoms with Gasteiger partial charge in [-0.2, -0.15) is 13.2 Å². The molecule has 0 saturated heterocycles. The first-order valence-electron chi connectivity index (χ1n) is 7.30. The number of nitrogens with zero attached hydrogens (tertiary/aromatic N) is 2. The second-order valence-corrected chi connectivity index (χ2v) is 6.03. The van der Waals surface area contributed by atoms with Crippen molar-refractivity contribution in [2.45, 2.75) is 20.0 Å². The van der Waals surface area contributed by atoms with Crippen LogP contribution in [0.2, 0.25) is 5.02 Å². The van der Waals surface area contributed by atoms with E-state index in [1.165, 1.54) is 6.07 Å². The van der Waals surface area contributed by atoms with Crippen LogP contribution in [0.15, 0.2) is 36.5 Å². The molecule has 0 bridgehead atoms. The number of halogens is 4. The van der Waals surface area contributed by atoms with Crippen molar-refractivity contribution in [1.82, 2.24) is 9.38 Å². The zero-order valence-corrected chi connectivity index (χ0v) is 14.0. The molecule has 130 valence electrons. The number of hydrogen-bond acceptors (Lipinski definition) is 2. The van der Waals surface area contributed by atoms with Gasteiger partial charge < -0.3 is 5.32 Å². The summed E-state index contributed by atoms with van der Waals surface area (Å²) < 4.78 is 40.4. The number of aromatic nitrogens is 2. The van der Waals surface area contributed by atoms with Crippen molar-refractivity contribution in [3.05, 3.63) is 64.1 Å². The first-order valence-corrected chi connectivity index (χ1v) is 7.68. The largest absolute Gasteiger partial charge is 0.417 e. The third-order valence-electron chi connectivity index (χ3n) is 3.70. The smallest absolute Gasteiger partial charge is 0.321 e. The number of aryl methyl sites for hydroxylation is 2. The van der Waals surface area contributed by atoms with E-state index in [-0.39, 0.29) is 11.4 Å². The van der Waals surface area contributed by atoms with Gasteiger partial charge in [-0.15, -0.1) is 0 Å². The molecule has 0 radical (unpaired) electrons. The van der Waals surface area contributed by atoms with Crippen LogP contribution in [0, 0.1) is 13.8 Å². The van der Waals surface area contributed by atoms with Crippen LogP contribution in [0.4, 0.5) is 18.9 Å². The van der Waals surface area contributed by atoms with Gasteiger partial charge in [0.2, 0.25) is 0 Å². The monoisotopic (exact) mass is 367 g/mol. The summed E-state index contributed by atoms with van der Waals surface area (Å²) in [7, 11) is 0. The van der Waals surface area contributed by atoms with E-state index in [1.807, 2.05) is 19.1 Å². The third kappa shape index (κ3) is 3.32. The highest BCUT2D eigenvalue weighted by Crippen LogP contribution is 2.36. The van der Waals surface area contributed by atoms with Gasteiger partial charge in [0.1, 0.15) is 11.3 Å². The highest BCUT2D eigenvalue weighted by Gasteiger charge is 2.33. The molecule has 1 N–H and O–H groups in total. The molecule has 0 aliphatic carbocycles. The Morgan fingerprint density at radius 2 is 1.92 bits per heavy atom. The molecule has 3 aromatic rings. The van der Waals surface area contributed by atoms with Crippen molar-refractivity contribution in [1.29, 1.82) is 0 Å². The Morgan fingerprint density at radius 3 is 2.60 bits per heavy atom. The van der Waals surface area contributed by atoms with E-state index in [9.17, 15) is 18.0 Å². The molecule has 0 aliphatic heterocycles. The number of fused-ring (bicyclic) bond motifs is 1. The first kappa shape index (κ1) is 17.3. The average Bonchev–Trinajstić information content (AvgIpc) is 2.83. The zero-order chi connectivity index (χ0) is 18.4. The molecule has 0 aliphatic rings. The normalized spacial score (nSPS) is 11.8. The van der Waals surface area contributed by atoms with Crippen LogP contribution in [-0.4, -0.2) is 15.3 Å². The van der Waals surface area contributed by atoms with Crippen molar-refractivity contribution in [3.8, 4) is 0 Å². The molecule has 0 saturated carbocycles. The summed E-state index contributed by atoms with van der Waals surface area (Å²) >= 11 is 5.59. The topological polar surface area (TPSA) is 46.4 Å². The summed E-state index contributed by atoms with van der Waals surface area (Å²) in [4.78, 5) is 16.9. The Labute approximate surface area is 146 Å². The Hall–Kier alpha value is -2.54. The maximum Gasteiger partial charge on any atom is 0.417 e. The molecule has 2 heterocycles. The van der Waals surface area contributed by atoms with E-state index in [4.69, 9.17) is 11.6 Å². The predicted octanol–water partition coefficient (Wildman–Crippen LogP) is 4.88. The lowest BCUT2D eigenvalue weighted by Crippen LogP contribution is -2.16. The highest BCUT2D eigenvalue weighted by atomic mass is 35.5. The maximum absolute atomic E-state index is 12.9. The maximum atomic E-state index is 12.9. The van der Waals surface area contributed by atoms with Crippen molar-refractivity contribution >= 4 is 28.8 Å². The minimum absolute atomic E-state index is 0.00295. The summed E-state index contributed by atoms with van der Waals surface area (Å²) in [5, 5.41) is 2.05. The van der Waals surface area contributed by atoms with Gasteiger partial charge in [0.05, 0.1) is 16.3 Å². The molecule has 1 amide bonds. The number of nitrogens with one attached hydrogen (secondary N) is 1. The summed E-state index contributed by atoms with van der Waals surface area (Å²) in [6.45, 7) is 3.57. The predicted molar refractivity (Wildman–Crippen MR) is 89.1 cm³/mol. The fourth-order valence-electron chi connectivity index (χ4n) is 2.55. The van der Waals surface area contributed by atoms with Gasteiger partial charge in [-0.1, -0.05) is 11.6 Å². The van der Waals surface area contributed by atoms with Gasteiger partial charge in [-0.05, 0) is 49.7 Å². The van der Waals surface area contributed by atoms with Gasteiger partial charge in [0, 0.05) is 11.9 Å². The number of hydrogen-bond donors (Lipinski definition) is 1. The van der Waals surface area contributed by atoms with Gasteiger partial charge in [0.25, 0.3) is 5.91 Å². The van der Waals surface area contributed by atoms with Gasteiger partial charge in [0.15, 0.2) is 0 Å². The van der Waals surface area contributed by atoms with E-state index in [2.05, 4.69) is 10.3 Å². The number of benzene rings is 1. The molecule has 0 fully saturated rings. The van der Waals surface area contributed by atoms with Crippen LogP contribution in [-0.2, 0) is 6.18 Å². The average molecular weight is 368 g/mol. The van der Waals surface area contributed by atoms with E-state index in [0.717, 1.165) is 17.7 Å². The fraction of sp³-hybridized carbons (Fsp3) is 0.176. The first-order chi connectivity index (χ1) is 11.7. The number of carbonyl (C=O) groups is 1. The minimum atomic E-state index is -4.60. The molecule has 0 atom stereocenters. The Bertz CT molecular complexity index is 979. The van der Waals surface area contributed by atoms with Crippen LogP contribution in [0.3, 0.4) is 0 Å². The molecule has 25 heavy (non-hydrogen) atoms. The summed E-state index contributed by atoms with van der Waals surface area (Å²) in [5.41, 5.74) is 1.32. The molecule has 0 spiro atoms. The summed E-state index contributed by atoms with van der Waals surface area (Å²) in [6, 6.07) is 6.86. The van der Waals surface area contributed by atoms with Crippen LogP contribution >= 0.6 is 11.6 Å². The standard InChI is InChI=1S/C17H13ClF3N3O/c1-9-5-6-24-14(7-9)22-10(2)15(24)16(25)23-11-3-4-13(18)12(8-11)17(19,20)21/h3-8H,1-2H3,(H,23,25). The number of rotatable bonds is 2. The summed E-state index contributed by atoms with van der Waals surface area (Å²) in [6.07, 6.45) is -2.91. The molecular weight excluding hydrogens is 355 g/mol. The quantitative estimate of drug-likeness (QED) is 0.702. The van der Waals surface area contributed by atoms with E-state index >= 15 is 0 Å². The molecule has 3 rings (SSSR count). The van der Waals surface area contributed by atoms with E-state index in [1.54, 1.807) is 17.5 Å². The molecule has 1 aromatic carbocycles. The van der Waals surface area contributed by atoms with Gasteiger partial charge in [-0.25, -0.2) is 4.98 Å². The van der Waals surface area contributed by atoms with E-state index < -0.39 is 22.7 Å². The van der Waals surface area contributed by atoms with Crippen molar-refractivity contribution < 1.29 is 18.0 Å².